The molecule has 0 aromatic heterocycles. The molecule has 5 nitrogen and oxygen atoms in total. The number of anilines is 1. The van der Waals surface area contributed by atoms with Crippen LogP contribution in [0.5, 0.6) is 5.75 Å². The van der Waals surface area contributed by atoms with Gasteiger partial charge in [0.05, 0.1) is 12.0 Å². The molecule has 2 aromatic carbocycles. The molecule has 0 saturated carbocycles. The first-order chi connectivity index (χ1) is 12.5. The van der Waals surface area contributed by atoms with Crippen molar-refractivity contribution in [3.05, 3.63) is 54.1 Å². The predicted molar refractivity (Wildman–Crippen MR) is 104 cm³/mol. The summed E-state index contributed by atoms with van der Waals surface area (Å²) in [6.07, 6.45) is 2.52. The summed E-state index contributed by atoms with van der Waals surface area (Å²) in [6, 6.07) is 14.5. The minimum absolute atomic E-state index is 0.234. The second kappa shape index (κ2) is 8.10. The molecule has 1 fully saturated rings. The van der Waals surface area contributed by atoms with Gasteiger partial charge in [0.2, 0.25) is 10.0 Å². The number of ether oxygens (including phenoxy) is 1. The molecule has 0 unspecified atom stereocenters. The molecule has 6 heteroatoms. The van der Waals surface area contributed by atoms with Gasteiger partial charge in [-0.15, -0.1) is 0 Å². The van der Waals surface area contributed by atoms with E-state index in [2.05, 4.69) is 28.7 Å². The fourth-order valence-corrected chi connectivity index (χ4v) is 4.28. The summed E-state index contributed by atoms with van der Waals surface area (Å²) in [5, 5.41) is 0. The van der Waals surface area contributed by atoms with E-state index in [-0.39, 0.29) is 11.4 Å². The average Bonchev–Trinajstić information content (AvgIpc) is 2.67. The first kappa shape index (κ1) is 18.7. The number of benzene rings is 2. The van der Waals surface area contributed by atoms with Crippen LogP contribution in [0.2, 0.25) is 0 Å². The van der Waals surface area contributed by atoms with E-state index < -0.39 is 10.0 Å². The first-order valence-corrected chi connectivity index (χ1v) is 10.4. The van der Waals surface area contributed by atoms with Crippen LogP contribution in [0.25, 0.3) is 0 Å². The molecule has 1 saturated heterocycles. The van der Waals surface area contributed by atoms with Gasteiger partial charge in [0, 0.05) is 25.3 Å². The highest BCUT2D eigenvalue weighted by Crippen LogP contribution is 2.23. The Kier molecular flexibility index (Phi) is 5.84. The number of piperidine rings is 1. The molecule has 0 amide bonds. The SMILES string of the molecule is COc1ccc(S(=O)(=O)NCc2ccc(N3CCC[C@H](C)C3)cc2)cc1. The Hall–Kier alpha value is -2.05. The smallest absolute Gasteiger partial charge is 0.240 e. The molecule has 1 heterocycles. The molecule has 1 aliphatic heterocycles. The van der Waals surface area contributed by atoms with Crippen molar-refractivity contribution in [1.29, 1.82) is 0 Å². The van der Waals surface area contributed by atoms with Crippen LogP contribution in [0.4, 0.5) is 5.69 Å². The van der Waals surface area contributed by atoms with Crippen LogP contribution in [0.15, 0.2) is 53.4 Å². The molecule has 140 valence electrons. The van der Waals surface area contributed by atoms with E-state index in [1.54, 1.807) is 31.4 Å². The van der Waals surface area contributed by atoms with Crippen LogP contribution in [0.1, 0.15) is 25.3 Å². The van der Waals surface area contributed by atoms with Crippen molar-refractivity contribution in [2.45, 2.75) is 31.2 Å². The summed E-state index contributed by atoms with van der Waals surface area (Å²) in [4.78, 5) is 2.64. The van der Waals surface area contributed by atoms with E-state index in [0.717, 1.165) is 24.6 Å². The zero-order chi connectivity index (χ0) is 18.6. The molecule has 2 aromatic rings. The predicted octanol–water partition coefficient (Wildman–Crippen LogP) is 3.41. The van der Waals surface area contributed by atoms with Gasteiger partial charge in [0.25, 0.3) is 0 Å². The van der Waals surface area contributed by atoms with Gasteiger partial charge in [-0.3, -0.25) is 0 Å². The number of nitrogens with one attached hydrogen (secondary N) is 1. The van der Waals surface area contributed by atoms with Gasteiger partial charge in [-0.1, -0.05) is 19.1 Å². The minimum Gasteiger partial charge on any atom is -0.497 e. The van der Waals surface area contributed by atoms with E-state index in [1.807, 2.05) is 12.1 Å². The Morgan fingerprint density at radius 3 is 2.42 bits per heavy atom. The third-order valence-corrected chi connectivity index (χ3v) is 6.21. The lowest BCUT2D eigenvalue weighted by atomic mass is 9.99. The molecular formula is C20H26N2O3S. The number of hydrogen-bond donors (Lipinski definition) is 1. The average molecular weight is 375 g/mol. The Balaban J connectivity index is 1.61. The van der Waals surface area contributed by atoms with Gasteiger partial charge in [-0.05, 0) is 60.7 Å². The van der Waals surface area contributed by atoms with E-state index in [4.69, 9.17) is 4.74 Å². The van der Waals surface area contributed by atoms with Crippen molar-refractivity contribution in [1.82, 2.24) is 4.72 Å². The number of rotatable bonds is 6. The van der Waals surface area contributed by atoms with E-state index in [0.29, 0.717) is 5.75 Å². The van der Waals surface area contributed by atoms with E-state index in [9.17, 15) is 8.42 Å². The topological polar surface area (TPSA) is 58.6 Å². The highest BCUT2D eigenvalue weighted by molar-refractivity contribution is 7.89. The lowest BCUT2D eigenvalue weighted by molar-refractivity contribution is 0.414. The van der Waals surface area contributed by atoms with Gasteiger partial charge in [0.1, 0.15) is 5.75 Å². The molecular weight excluding hydrogens is 348 g/mol. The molecule has 0 bridgehead atoms. The molecule has 26 heavy (non-hydrogen) atoms. The zero-order valence-electron chi connectivity index (χ0n) is 15.3. The quantitative estimate of drug-likeness (QED) is 0.842. The lowest BCUT2D eigenvalue weighted by Gasteiger charge is -2.32. The molecule has 0 spiro atoms. The van der Waals surface area contributed by atoms with Crippen molar-refractivity contribution in [3.63, 3.8) is 0 Å². The van der Waals surface area contributed by atoms with Gasteiger partial charge in [-0.25, -0.2) is 13.1 Å². The standard InChI is InChI=1S/C20H26N2O3S/c1-16-4-3-13-22(15-16)18-7-5-17(6-8-18)14-21-26(23,24)20-11-9-19(25-2)10-12-20/h5-12,16,21H,3-4,13-15H2,1-2H3/t16-/m0/s1. The van der Waals surface area contributed by atoms with Gasteiger partial charge in [0.15, 0.2) is 0 Å². The van der Waals surface area contributed by atoms with Gasteiger partial charge in [-0.2, -0.15) is 0 Å². The van der Waals surface area contributed by atoms with Crippen molar-refractivity contribution >= 4 is 15.7 Å². The van der Waals surface area contributed by atoms with Crippen molar-refractivity contribution in [3.8, 4) is 5.75 Å². The Bertz CT molecular complexity index is 817. The first-order valence-electron chi connectivity index (χ1n) is 8.95. The minimum atomic E-state index is -3.54. The maximum Gasteiger partial charge on any atom is 0.240 e. The zero-order valence-corrected chi connectivity index (χ0v) is 16.1. The molecule has 1 N–H and O–H groups in total. The monoisotopic (exact) mass is 374 g/mol. The lowest BCUT2D eigenvalue weighted by Crippen LogP contribution is -2.34. The number of methoxy groups -OCH3 is 1. The summed E-state index contributed by atoms with van der Waals surface area (Å²) in [7, 11) is -1.99. The number of nitrogens with zero attached hydrogens (tertiary/aromatic N) is 1. The van der Waals surface area contributed by atoms with Crippen molar-refractivity contribution < 1.29 is 13.2 Å². The summed E-state index contributed by atoms with van der Waals surface area (Å²) >= 11 is 0. The normalized spacial score (nSPS) is 17.9. The van der Waals surface area contributed by atoms with Crippen LogP contribution in [0.3, 0.4) is 0 Å². The maximum atomic E-state index is 12.4. The summed E-state index contributed by atoms with van der Waals surface area (Å²) < 4.78 is 32.5. The van der Waals surface area contributed by atoms with E-state index >= 15 is 0 Å². The highest BCUT2D eigenvalue weighted by atomic mass is 32.2. The summed E-state index contributed by atoms with van der Waals surface area (Å²) in [5.41, 5.74) is 2.15. The molecule has 0 radical (unpaired) electrons. The second-order valence-electron chi connectivity index (χ2n) is 6.86. The largest absolute Gasteiger partial charge is 0.497 e. The number of sulfonamides is 1. The maximum absolute atomic E-state index is 12.4. The molecule has 0 aliphatic carbocycles. The molecule has 1 atom stereocenters. The number of hydrogen-bond acceptors (Lipinski definition) is 4. The third-order valence-electron chi connectivity index (χ3n) is 4.79. The second-order valence-corrected chi connectivity index (χ2v) is 8.63. The van der Waals surface area contributed by atoms with Crippen molar-refractivity contribution in [2.75, 3.05) is 25.1 Å². The third kappa shape index (κ3) is 4.56. The van der Waals surface area contributed by atoms with Crippen LogP contribution in [0, 0.1) is 5.92 Å². The Morgan fingerprint density at radius 2 is 1.81 bits per heavy atom. The van der Waals surface area contributed by atoms with Crippen LogP contribution in [-0.2, 0) is 16.6 Å². The molecule has 3 rings (SSSR count). The fraction of sp³-hybridized carbons (Fsp3) is 0.400. The van der Waals surface area contributed by atoms with Gasteiger partial charge >= 0.3 is 0 Å². The highest BCUT2D eigenvalue weighted by Gasteiger charge is 2.17. The van der Waals surface area contributed by atoms with Crippen LogP contribution < -0.4 is 14.4 Å². The Morgan fingerprint density at radius 1 is 1.12 bits per heavy atom. The van der Waals surface area contributed by atoms with Crippen LogP contribution >= 0.6 is 0 Å². The van der Waals surface area contributed by atoms with Crippen molar-refractivity contribution in [2.24, 2.45) is 5.92 Å². The van der Waals surface area contributed by atoms with Gasteiger partial charge < -0.3 is 9.64 Å². The summed E-state index contributed by atoms with van der Waals surface area (Å²) in [6.45, 7) is 4.73. The molecule has 1 aliphatic rings. The Labute approximate surface area is 156 Å². The van der Waals surface area contributed by atoms with Crippen LogP contribution in [-0.4, -0.2) is 28.6 Å². The summed E-state index contributed by atoms with van der Waals surface area (Å²) in [5.74, 6) is 1.35. The fourth-order valence-electron chi connectivity index (χ4n) is 3.27. The van der Waals surface area contributed by atoms with E-state index in [1.165, 1.54) is 18.5 Å².